The SMILES string of the molecule is Cn1cccc1C(=O)NCc1ccccc1Cl. The number of benzene rings is 1. The largest absolute Gasteiger partial charge is 0.347 e. The van der Waals surface area contributed by atoms with Gasteiger partial charge in [0.05, 0.1) is 0 Å². The minimum absolute atomic E-state index is 0.0996. The zero-order valence-electron chi connectivity index (χ0n) is 9.48. The fourth-order valence-electron chi connectivity index (χ4n) is 1.60. The summed E-state index contributed by atoms with van der Waals surface area (Å²) in [7, 11) is 1.84. The highest BCUT2D eigenvalue weighted by Gasteiger charge is 2.08. The third-order valence-electron chi connectivity index (χ3n) is 2.57. The van der Waals surface area contributed by atoms with Crippen molar-refractivity contribution in [1.82, 2.24) is 9.88 Å². The molecule has 0 unspecified atom stereocenters. The third kappa shape index (κ3) is 2.68. The Morgan fingerprint density at radius 1 is 1.29 bits per heavy atom. The molecule has 3 nitrogen and oxygen atoms in total. The van der Waals surface area contributed by atoms with E-state index in [9.17, 15) is 4.79 Å². The summed E-state index contributed by atoms with van der Waals surface area (Å²) in [6.45, 7) is 0.434. The number of amides is 1. The number of carbonyl (C=O) groups excluding carboxylic acids is 1. The standard InChI is InChI=1S/C13H13ClN2O/c1-16-8-4-7-12(16)13(17)15-9-10-5-2-3-6-11(10)14/h2-8H,9H2,1H3,(H,15,17). The number of carbonyl (C=O) groups is 1. The number of nitrogens with one attached hydrogen (secondary N) is 1. The molecule has 1 aromatic carbocycles. The Bertz CT molecular complexity index is 534. The molecule has 0 aliphatic carbocycles. The molecule has 88 valence electrons. The van der Waals surface area contributed by atoms with Crippen LogP contribution in [0.3, 0.4) is 0 Å². The van der Waals surface area contributed by atoms with Gasteiger partial charge < -0.3 is 9.88 Å². The number of aromatic nitrogens is 1. The van der Waals surface area contributed by atoms with E-state index in [0.29, 0.717) is 17.3 Å². The van der Waals surface area contributed by atoms with Gasteiger partial charge in [-0.05, 0) is 23.8 Å². The molecule has 1 aromatic heterocycles. The Kier molecular flexibility index (Phi) is 3.49. The molecule has 0 saturated carbocycles. The van der Waals surface area contributed by atoms with Crippen molar-refractivity contribution in [3.8, 4) is 0 Å². The highest BCUT2D eigenvalue weighted by molar-refractivity contribution is 6.31. The molecule has 1 amide bonds. The van der Waals surface area contributed by atoms with Crippen LogP contribution in [-0.4, -0.2) is 10.5 Å². The summed E-state index contributed by atoms with van der Waals surface area (Å²) in [6.07, 6.45) is 1.84. The van der Waals surface area contributed by atoms with Gasteiger partial charge in [-0.2, -0.15) is 0 Å². The fourth-order valence-corrected chi connectivity index (χ4v) is 1.81. The van der Waals surface area contributed by atoms with E-state index in [4.69, 9.17) is 11.6 Å². The van der Waals surface area contributed by atoms with E-state index in [0.717, 1.165) is 5.56 Å². The summed E-state index contributed by atoms with van der Waals surface area (Å²) in [5.41, 5.74) is 1.55. The number of nitrogens with zero attached hydrogens (tertiary/aromatic N) is 1. The summed E-state index contributed by atoms with van der Waals surface area (Å²) >= 11 is 6.01. The Hall–Kier alpha value is -1.74. The van der Waals surface area contributed by atoms with Gasteiger partial charge in [0.15, 0.2) is 0 Å². The Morgan fingerprint density at radius 3 is 2.71 bits per heavy atom. The van der Waals surface area contributed by atoms with E-state index in [1.165, 1.54) is 0 Å². The van der Waals surface area contributed by atoms with Crippen LogP contribution in [0, 0.1) is 0 Å². The first kappa shape index (κ1) is 11.7. The van der Waals surface area contributed by atoms with E-state index in [-0.39, 0.29) is 5.91 Å². The van der Waals surface area contributed by atoms with Crippen molar-refractivity contribution in [2.45, 2.75) is 6.54 Å². The first-order chi connectivity index (χ1) is 8.18. The van der Waals surface area contributed by atoms with Crippen LogP contribution in [0.1, 0.15) is 16.1 Å². The quantitative estimate of drug-likeness (QED) is 0.890. The first-order valence-corrected chi connectivity index (χ1v) is 5.69. The summed E-state index contributed by atoms with van der Waals surface area (Å²) in [5.74, 6) is -0.0996. The third-order valence-corrected chi connectivity index (χ3v) is 2.94. The van der Waals surface area contributed by atoms with Crippen molar-refractivity contribution in [3.63, 3.8) is 0 Å². The van der Waals surface area contributed by atoms with E-state index in [2.05, 4.69) is 5.32 Å². The molecule has 0 saturated heterocycles. The topological polar surface area (TPSA) is 34.0 Å². The maximum Gasteiger partial charge on any atom is 0.268 e. The van der Waals surface area contributed by atoms with E-state index < -0.39 is 0 Å². The molecule has 0 fully saturated rings. The fraction of sp³-hybridized carbons (Fsp3) is 0.154. The van der Waals surface area contributed by atoms with Gasteiger partial charge in [0.1, 0.15) is 5.69 Å². The minimum Gasteiger partial charge on any atom is -0.347 e. The van der Waals surface area contributed by atoms with Crippen LogP contribution < -0.4 is 5.32 Å². The number of hydrogen-bond donors (Lipinski definition) is 1. The molecule has 17 heavy (non-hydrogen) atoms. The van der Waals surface area contributed by atoms with Crippen LogP contribution in [0.2, 0.25) is 5.02 Å². The lowest BCUT2D eigenvalue weighted by Gasteiger charge is -2.07. The molecule has 0 spiro atoms. The Labute approximate surface area is 105 Å². The number of aryl methyl sites for hydroxylation is 1. The van der Waals surface area contributed by atoms with Gasteiger partial charge in [-0.3, -0.25) is 4.79 Å². The molecule has 0 atom stereocenters. The molecule has 0 aliphatic heterocycles. The van der Waals surface area contributed by atoms with Gasteiger partial charge in [-0.25, -0.2) is 0 Å². The molecular formula is C13H13ClN2O. The van der Waals surface area contributed by atoms with E-state index in [1.807, 2.05) is 43.6 Å². The van der Waals surface area contributed by atoms with E-state index >= 15 is 0 Å². The van der Waals surface area contributed by atoms with Gasteiger partial charge in [0, 0.05) is 24.8 Å². The van der Waals surface area contributed by atoms with Gasteiger partial charge in [-0.1, -0.05) is 29.8 Å². The molecule has 1 N–H and O–H groups in total. The highest BCUT2D eigenvalue weighted by Crippen LogP contribution is 2.14. The molecule has 0 radical (unpaired) electrons. The molecular weight excluding hydrogens is 236 g/mol. The molecule has 2 rings (SSSR count). The van der Waals surface area contributed by atoms with Crippen LogP contribution in [0.5, 0.6) is 0 Å². The van der Waals surface area contributed by atoms with Gasteiger partial charge in [0.25, 0.3) is 5.91 Å². The zero-order chi connectivity index (χ0) is 12.3. The number of rotatable bonds is 3. The lowest BCUT2D eigenvalue weighted by molar-refractivity contribution is 0.0943. The molecule has 1 heterocycles. The average molecular weight is 249 g/mol. The number of halogens is 1. The second kappa shape index (κ2) is 5.06. The predicted octanol–water partition coefficient (Wildman–Crippen LogP) is 2.61. The Morgan fingerprint density at radius 2 is 2.06 bits per heavy atom. The molecule has 4 heteroatoms. The summed E-state index contributed by atoms with van der Waals surface area (Å²) in [4.78, 5) is 11.8. The normalized spacial score (nSPS) is 10.2. The lowest BCUT2D eigenvalue weighted by atomic mass is 10.2. The summed E-state index contributed by atoms with van der Waals surface area (Å²) in [5, 5.41) is 3.51. The minimum atomic E-state index is -0.0996. The number of hydrogen-bond acceptors (Lipinski definition) is 1. The average Bonchev–Trinajstić information content (AvgIpc) is 2.74. The van der Waals surface area contributed by atoms with Crippen molar-refractivity contribution < 1.29 is 4.79 Å². The van der Waals surface area contributed by atoms with Gasteiger partial charge in [0.2, 0.25) is 0 Å². The van der Waals surface area contributed by atoms with Crippen molar-refractivity contribution in [1.29, 1.82) is 0 Å². The van der Waals surface area contributed by atoms with Crippen molar-refractivity contribution in [2.75, 3.05) is 0 Å². The second-order valence-electron chi connectivity index (χ2n) is 3.78. The smallest absolute Gasteiger partial charge is 0.268 e. The van der Waals surface area contributed by atoms with Crippen molar-refractivity contribution in [2.24, 2.45) is 7.05 Å². The van der Waals surface area contributed by atoms with Crippen molar-refractivity contribution in [3.05, 3.63) is 58.9 Å². The second-order valence-corrected chi connectivity index (χ2v) is 4.19. The van der Waals surface area contributed by atoms with E-state index in [1.54, 1.807) is 10.6 Å². The first-order valence-electron chi connectivity index (χ1n) is 5.31. The zero-order valence-corrected chi connectivity index (χ0v) is 10.2. The van der Waals surface area contributed by atoms with Crippen LogP contribution in [0.25, 0.3) is 0 Å². The molecule has 2 aromatic rings. The summed E-state index contributed by atoms with van der Waals surface area (Å²) < 4.78 is 1.78. The molecule has 0 aliphatic rings. The van der Waals surface area contributed by atoms with Crippen LogP contribution in [0.15, 0.2) is 42.6 Å². The predicted molar refractivity (Wildman–Crippen MR) is 68.0 cm³/mol. The lowest BCUT2D eigenvalue weighted by Crippen LogP contribution is -2.24. The van der Waals surface area contributed by atoms with Gasteiger partial charge >= 0.3 is 0 Å². The van der Waals surface area contributed by atoms with Crippen LogP contribution in [-0.2, 0) is 13.6 Å². The maximum absolute atomic E-state index is 11.8. The van der Waals surface area contributed by atoms with Crippen molar-refractivity contribution >= 4 is 17.5 Å². The van der Waals surface area contributed by atoms with Crippen LogP contribution in [0.4, 0.5) is 0 Å². The Balaban J connectivity index is 2.02. The van der Waals surface area contributed by atoms with Gasteiger partial charge in [-0.15, -0.1) is 0 Å². The highest BCUT2D eigenvalue weighted by atomic mass is 35.5. The maximum atomic E-state index is 11.8. The summed E-state index contributed by atoms with van der Waals surface area (Å²) in [6, 6.07) is 11.1. The molecule has 0 bridgehead atoms. The van der Waals surface area contributed by atoms with Crippen LogP contribution >= 0.6 is 11.6 Å². The monoisotopic (exact) mass is 248 g/mol.